The molecule has 0 spiro atoms. The van der Waals surface area contributed by atoms with Crippen molar-refractivity contribution in [3.8, 4) is 0 Å². The summed E-state index contributed by atoms with van der Waals surface area (Å²) < 4.78 is 0. The maximum absolute atomic E-state index is 11.7. The van der Waals surface area contributed by atoms with E-state index in [-0.39, 0.29) is 5.91 Å². The van der Waals surface area contributed by atoms with Gasteiger partial charge >= 0.3 is 0 Å². The minimum atomic E-state index is 0.0264. The number of nitrogens with one attached hydrogen (secondary N) is 1. The van der Waals surface area contributed by atoms with Crippen molar-refractivity contribution >= 4 is 29.0 Å². The minimum absolute atomic E-state index is 0.0264. The van der Waals surface area contributed by atoms with E-state index in [0.29, 0.717) is 16.7 Å². The van der Waals surface area contributed by atoms with Crippen LogP contribution in [-0.2, 0) is 4.79 Å². The van der Waals surface area contributed by atoms with Crippen LogP contribution in [0.3, 0.4) is 0 Å². The van der Waals surface area contributed by atoms with Gasteiger partial charge in [0.2, 0.25) is 5.91 Å². The number of nitrogen functional groups attached to an aromatic ring is 1. The van der Waals surface area contributed by atoms with E-state index >= 15 is 0 Å². The highest BCUT2D eigenvalue weighted by Gasteiger charge is 2.06. The fourth-order valence-corrected chi connectivity index (χ4v) is 1.99. The van der Waals surface area contributed by atoms with Crippen LogP contribution in [-0.4, -0.2) is 16.9 Å². The summed E-state index contributed by atoms with van der Waals surface area (Å²) in [5, 5.41) is 3.37. The summed E-state index contributed by atoms with van der Waals surface area (Å²) in [6, 6.07) is 5.57. The predicted molar refractivity (Wildman–Crippen MR) is 76.4 cm³/mol. The average Bonchev–Trinajstić information content (AvgIpc) is 2.31. The Morgan fingerprint density at radius 1 is 1.53 bits per heavy atom. The molecule has 0 aliphatic carbocycles. The van der Waals surface area contributed by atoms with E-state index in [0.717, 1.165) is 17.7 Å². The molecule has 0 fully saturated rings. The molecule has 0 radical (unpaired) electrons. The fraction of sp³-hybridized carbons (Fsp3) is 0.462. The van der Waals surface area contributed by atoms with Crippen LogP contribution in [0.15, 0.2) is 18.2 Å². The lowest BCUT2D eigenvalue weighted by atomic mass is 10.2. The molecule has 1 amide bonds. The molecule has 0 heterocycles. The number of hydrogen-bond acceptors (Lipinski definition) is 3. The van der Waals surface area contributed by atoms with Crippen molar-refractivity contribution in [3.05, 3.63) is 23.8 Å². The number of hydrogen-bond donors (Lipinski definition) is 2. The Bertz CT molecular complexity index is 393. The lowest BCUT2D eigenvalue weighted by Gasteiger charge is -2.09. The second kappa shape index (κ2) is 6.55. The van der Waals surface area contributed by atoms with Crippen LogP contribution in [0.1, 0.15) is 25.8 Å². The van der Waals surface area contributed by atoms with E-state index in [2.05, 4.69) is 19.2 Å². The molecule has 0 aliphatic heterocycles. The van der Waals surface area contributed by atoms with E-state index in [1.807, 2.05) is 19.1 Å². The fourth-order valence-electron chi connectivity index (χ4n) is 1.25. The number of carbonyl (C=O) groups excluding carboxylic acids is 1. The molecule has 1 aromatic carbocycles. The Hall–Kier alpha value is -1.16. The number of carbonyl (C=O) groups is 1. The summed E-state index contributed by atoms with van der Waals surface area (Å²) in [5.74, 6) is 0.515. The SMILES string of the molecule is CCC(C)SCC(=O)Nc1ccc(C)c(N)c1. The third-order valence-electron chi connectivity index (χ3n) is 2.64. The highest BCUT2D eigenvalue weighted by Crippen LogP contribution is 2.18. The summed E-state index contributed by atoms with van der Waals surface area (Å²) in [7, 11) is 0. The van der Waals surface area contributed by atoms with E-state index in [9.17, 15) is 4.79 Å². The number of nitrogens with two attached hydrogens (primary N) is 1. The zero-order valence-corrected chi connectivity index (χ0v) is 11.4. The highest BCUT2D eigenvalue weighted by molar-refractivity contribution is 8.00. The van der Waals surface area contributed by atoms with Crippen molar-refractivity contribution in [2.45, 2.75) is 32.4 Å². The first-order valence-corrected chi connectivity index (χ1v) is 6.85. The monoisotopic (exact) mass is 252 g/mol. The van der Waals surface area contributed by atoms with Crippen molar-refractivity contribution in [1.29, 1.82) is 0 Å². The lowest BCUT2D eigenvalue weighted by molar-refractivity contribution is -0.113. The molecule has 1 unspecified atom stereocenters. The molecule has 17 heavy (non-hydrogen) atoms. The van der Waals surface area contributed by atoms with Gasteiger partial charge in [-0.05, 0) is 31.0 Å². The third kappa shape index (κ3) is 4.69. The van der Waals surface area contributed by atoms with Gasteiger partial charge in [0.05, 0.1) is 5.75 Å². The van der Waals surface area contributed by atoms with Crippen LogP contribution >= 0.6 is 11.8 Å². The summed E-state index contributed by atoms with van der Waals surface area (Å²) in [5.41, 5.74) is 8.28. The smallest absolute Gasteiger partial charge is 0.234 e. The maximum atomic E-state index is 11.7. The Morgan fingerprint density at radius 2 is 2.24 bits per heavy atom. The van der Waals surface area contributed by atoms with Crippen molar-refractivity contribution in [3.63, 3.8) is 0 Å². The van der Waals surface area contributed by atoms with Gasteiger partial charge in [0.25, 0.3) is 0 Å². The third-order valence-corrected chi connectivity index (χ3v) is 3.97. The standard InChI is InChI=1S/C13H20N2OS/c1-4-10(3)17-8-13(16)15-11-6-5-9(2)12(14)7-11/h5-7,10H,4,8,14H2,1-3H3,(H,15,16). The van der Waals surface area contributed by atoms with E-state index < -0.39 is 0 Å². The molecular weight excluding hydrogens is 232 g/mol. The quantitative estimate of drug-likeness (QED) is 0.792. The van der Waals surface area contributed by atoms with Crippen LogP contribution in [0, 0.1) is 6.92 Å². The van der Waals surface area contributed by atoms with Gasteiger partial charge in [0, 0.05) is 16.6 Å². The van der Waals surface area contributed by atoms with Crippen LogP contribution < -0.4 is 11.1 Å². The Balaban J connectivity index is 2.48. The van der Waals surface area contributed by atoms with Crippen molar-refractivity contribution in [2.24, 2.45) is 0 Å². The average molecular weight is 252 g/mol. The van der Waals surface area contributed by atoms with Gasteiger partial charge in [-0.3, -0.25) is 4.79 Å². The number of anilines is 2. The second-order valence-corrected chi connectivity index (χ2v) is 5.58. The van der Waals surface area contributed by atoms with E-state index in [1.54, 1.807) is 17.8 Å². The Labute approximate surface area is 107 Å². The molecule has 4 heteroatoms. The topological polar surface area (TPSA) is 55.1 Å². The molecule has 1 rings (SSSR count). The van der Waals surface area contributed by atoms with Crippen LogP contribution in [0.5, 0.6) is 0 Å². The van der Waals surface area contributed by atoms with Gasteiger partial charge in [-0.15, -0.1) is 11.8 Å². The first kappa shape index (κ1) is 13.9. The molecule has 94 valence electrons. The maximum Gasteiger partial charge on any atom is 0.234 e. The molecule has 1 aromatic rings. The molecule has 3 N–H and O–H groups in total. The molecule has 0 aliphatic rings. The summed E-state index contributed by atoms with van der Waals surface area (Å²) in [6.45, 7) is 6.19. The Morgan fingerprint density at radius 3 is 2.82 bits per heavy atom. The molecule has 1 atom stereocenters. The number of benzene rings is 1. The van der Waals surface area contributed by atoms with Crippen LogP contribution in [0.2, 0.25) is 0 Å². The number of thioether (sulfide) groups is 1. The zero-order chi connectivity index (χ0) is 12.8. The van der Waals surface area contributed by atoms with Gasteiger partial charge in [0.15, 0.2) is 0 Å². The normalized spacial score (nSPS) is 12.2. The van der Waals surface area contributed by atoms with Gasteiger partial charge in [-0.25, -0.2) is 0 Å². The summed E-state index contributed by atoms with van der Waals surface area (Å²) in [6.07, 6.45) is 1.08. The first-order valence-electron chi connectivity index (χ1n) is 5.80. The second-order valence-electron chi connectivity index (χ2n) is 4.15. The molecule has 3 nitrogen and oxygen atoms in total. The molecular formula is C13H20N2OS. The molecule has 0 saturated heterocycles. The van der Waals surface area contributed by atoms with Gasteiger partial charge in [0.1, 0.15) is 0 Å². The van der Waals surface area contributed by atoms with Crippen LogP contribution in [0.4, 0.5) is 11.4 Å². The van der Waals surface area contributed by atoms with Crippen molar-refractivity contribution < 1.29 is 4.79 Å². The van der Waals surface area contributed by atoms with Gasteiger partial charge in [-0.2, -0.15) is 0 Å². The Kier molecular flexibility index (Phi) is 5.35. The largest absolute Gasteiger partial charge is 0.398 e. The summed E-state index contributed by atoms with van der Waals surface area (Å²) in [4.78, 5) is 11.7. The molecule has 0 saturated carbocycles. The first-order chi connectivity index (χ1) is 8.02. The van der Waals surface area contributed by atoms with Gasteiger partial charge < -0.3 is 11.1 Å². The number of rotatable bonds is 5. The summed E-state index contributed by atoms with van der Waals surface area (Å²) >= 11 is 1.67. The lowest BCUT2D eigenvalue weighted by Crippen LogP contribution is -2.15. The van der Waals surface area contributed by atoms with E-state index in [4.69, 9.17) is 5.73 Å². The number of amides is 1. The highest BCUT2D eigenvalue weighted by atomic mass is 32.2. The van der Waals surface area contributed by atoms with Crippen molar-refractivity contribution in [1.82, 2.24) is 0 Å². The predicted octanol–water partition coefficient (Wildman–Crippen LogP) is 3.05. The van der Waals surface area contributed by atoms with Crippen LogP contribution in [0.25, 0.3) is 0 Å². The van der Waals surface area contributed by atoms with E-state index in [1.165, 1.54) is 0 Å². The van der Waals surface area contributed by atoms with Crippen molar-refractivity contribution in [2.75, 3.05) is 16.8 Å². The number of aryl methyl sites for hydroxylation is 1. The molecule has 0 bridgehead atoms. The molecule has 0 aromatic heterocycles. The minimum Gasteiger partial charge on any atom is -0.398 e. The van der Waals surface area contributed by atoms with Gasteiger partial charge in [-0.1, -0.05) is 19.9 Å². The zero-order valence-electron chi connectivity index (χ0n) is 10.6.